The van der Waals surface area contributed by atoms with E-state index in [9.17, 15) is 9.59 Å². The zero-order chi connectivity index (χ0) is 23.7. The van der Waals surface area contributed by atoms with Gasteiger partial charge in [-0.3, -0.25) is 9.59 Å². The molecular formula is C28H28ClN3O2. The fourth-order valence-corrected chi connectivity index (χ4v) is 5.20. The Bertz CT molecular complexity index is 1260. The number of benzene rings is 3. The van der Waals surface area contributed by atoms with Gasteiger partial charge in [0.25, 0.3) is 5.91 Å². The lowest BCUT2D eigenvalue weighted by atomic mass is 9.89. The Morgan fingerprint density at radius 1 is 0.971 bits per heavy atom. The van der Waals surface area contributed by atoms with Gasteiger partial charge in [-0.1, -0.05) is 67.4 Å². The Morgan fingerprint density at radius 2 is 1.65 bits per heavy atom. The van der Waals surface area contributed by atoms with E-state index in [0.29, 0.717) is 28.3 Å². The van der Waals surface area contributed by atoms with Crippen LogP contribution in [0.5, 0.6) is 0 Å². The molecule has 0 aromatic heterocycles. The van der Waals surface area contributed by atoms with Gasteiger partial charge in [0.2, 0.25) is 0 Å². The zero-order valence-corrected chi connectivity index (χ0v) is 20.0. The van der Waals surface area contributed by atoms with E-state index < -0.39 is 0 Å². The molecular weight excluding hydrogens is 446 g/mol. The number of piperazine rings is 1. The van der Waals surface area contributed by atoms with Gasteiger partial charge in [-0.05, 0) is 29.7 Å². The highest BCUT2D eigenvalue weighted by Gasteiger charge is 2.36. The number of anilines is 1. The highest BCUT2D eigenvalue weighted by molar-refractivity contribution is 6.34. The molecule has 3 aromatic carbocycles. The number of amides is 1. The predicted octanol–water partition coefficient (Wildman–Crippen LogP) is 5.16. The molecule has 34 heavy (non-hydrogen) atoms. The van der Waals surface area contributed by atoms with Gasteiger partial charge in [-0.2, -0.15) is 0 Å². The van der Waals surface area contributed by atoms with Gasteiger partial charge < -0.3 is 15.5 Å². The molecule has 0 spiro atoms. The van der Waals surface area contributed by atoms with E-state index in [1.165, 1.54) is 0 Å². The van der Waals surface area contributed by atoms with E-state index in [0.717, 1.165) is 67.0 Å². The van der Waals surface area contributed by atoms with Crippen molar-refractivity contribution in [3.05, 3.63) is 76.3 Å². The number of ketones is 1. The van der Waals surface area contributed by atoms with Crippen molar-refractivity contribution in [1.82, 2.24) is 10.6 Å². The Kier molecular flexibility index (Phi) is 6.40. The third-order valence-electron chi connectivity index (χ3n) is 6.63. The Balaban J connectivity index is 1.80. The summed E-state index contributed by atoms with van der Waals surface area (Å²) in [4.78, 5) is 29.6. The normalized spacial score (nSPS) is 14.6. The number of carbonyl (C=O) groups is 2. The van der Waals surface area contributed by atoms with E-state index in [4.69, 9.17) is 11.6 Å². The van der Waals surface area contributed by atoms with Gasteiger partial charge >= 0.3 is 0 Å². The Morgan fingerprint density at radius 3 is 2.35 bits per heavy atom. The first-order valence-electron chi connectivity index (χ1n) is 12.0. The van der Waals surface area contributed by atoms with Gasteiger partial charge in [0.15, 0.2) is 5.78 Å². The fourth-order valence-electron chi connectivity index (χ4n) is 4.96. The number of hydrogen-bond acceptors (Lipinski definition) is 4. The van der Waals surface area contributed by atoms with Crippen LogP contribution in [0.1, 0.15) is 46.0 Å². The summed E-state index contributed by atoms with van der Waals surface area (Å²) in [5.74, 6) is -0.183. The molecule has 5 nitrogen and oxygen atoms in total. The number of nitrogens with zero attached hydrogens (tertiary/aromatic N) is 1. The molecule has 5 rings (SSSR count). The first-order chi connectivity index (χ1) is 16.6. The molecule has 1 fully saturated rings. The van der Waals surface area contributed by atoms with Crippen molar-refractivity contribution in [2.75, 3.05) is 37.6 Å². The zero-order valence-electron chi connectivity index (χ0n) is 19.3. The van der Waals surface area contributed by atoms with E-state index in [1.807, 2.05) is 54.6 Å². The van der Waals surface area contributed by atoms with Crippen molar-refractivity contribution in [3.8, 4) is 22.3 Å². The number of nitrogens with one attached hydrogen (secondary N) is 2. The second-order valence-corrected chi connectivity index (χ2v) is 9.18. The van der Waals surface area contributed by atoms with Crippen molar-refractivity contribution in [2.24, 2.45) is 0 Å². The van der Waals surface area contributed by atoms with Crippen LogP contribution in [0.25, 0.3) is 22.3 Å². The van der Waals surface area contributed by atoms with Gasteiger partial charge in [-0.25, -0.2) is 0 Å². The first-order valence-corrected chi connectivity index (χ1v) is 12.3. The quantitative estimate of drug-likeness (QED) is 0.380. The SMILES string of the molecule is CCCCNC(=O)c1cc(-c2ccccc2Cl)c2c(c1N1CCNCC1)C(=O)c1ccccc1-2. The summed E-state index contributed by atoms with van der Waals surface area (Å²) in [6.45, 7) is 5.77. The molecule has 1 heterocycles. The van der Waals surface area contributed by atoms with Gasteiger partial charge in [-0.15, -0.1) is 0 Å². The molecule has 0 saturated carbocycles. The Labute approximate surface area is 205 Å². The topological polar surface area (TPSA) is 61.4 Å². The van der Waals surface area contributed by atoms with Crippen LogP contribution >= 0.6 is 11.6 Å². The minimum absolute atomic E-state index is 0.0318. The minimum Gasteiger partial charge on any atom is -0.368 e. The summed E-state index contributed by atoms with van der Waals surface area (Å²) in [5.41, 5.74) is 5.96. The number of hydrogen-bond donors (Lipinski definition) is 2. The Hall–Kier alpha value is -3.15. The van der Waals surface area contributed by atoms with Crippen LogP contribution in [0.4, 0.5) is 5.69 Å². The summed E-state index contributed by atoms with van der Waals surface area (Å²) in [6, 6.07) is 17.3. The van der Waals surface area contributed by atoms with E-state index in [-0.39, 0.29) is 11.7 Å². The monoisotopic (exact) mass is 473 g/mol. The molecule has 0 radical (unpaired) electrons. The maximum Gasteiger partial charge on any atom is 0.253 e. The molecule has 0 atom stereocenters. The van der Waals surface area contributed by atoms with Gasteiger partial charge in [0.1, 0.15) is 0 Å². The van der Waals surface area contributed by atoms with Crippen molar-refractivity contribution < 1.29 is 9.59 Å². The average molecular weight is 474 g/mol. The van der Waals surface area contributed by atoms with Crippen molar-refractivity contribution in [2.45, 2.75) is 19.8 Å². The van der Waals surface area contributed by atoms with Crippen molar-refractivity contribution in [1.29, 1.82) is 0 Å². The summed E-state index contributed by atoms with van der Waals surface area (Å²) in [7, 11) is 0. The van der Waals surface area contributed by atoms with Crippen molar-refractivity contribution >= 4 is 29.0 Å². The standard InChI is InChI=1S/C28H28ClN3O2/c1-2-3-12-31-28(34)22-17-21(18-8-6-7-11-23(18)29)24-19-9-4-5-10-20(19)27(33)25(24)26(22)32-15-13-30-14-16-32/h4-11,17,30H,2-3,12-16H2,1H3,(H,31,34). The summed E-state index contributed by atoms with van der Waals surface area (Å²) in [5, 5.41) is 7.04. The second kappa shape index (κ2) is 9.61. The molecule has 1 amide bonds. The number of unbranched alkanes of at least 4 members (excludes halogenated alkanes) is 1. The lowest BCUT2D eigenvalue weighted by Crippen LogP contribution is -2.45. The van der Waals surface area contributed by atoms with Crippen LogP contribution in [0.15, 0.2) is 54.6 Å². The molecule has 174 valence electrons. The second-order valence-electron chi connectivity index (χ2n) is 8.77. The predicted molar refractivity (Wildman–Crippen MR) is 138 cm³/mol. The molecule has 0 bridgehead atoms. The molecule has 0 unspecified atom stereocenters. The van der Waals surface area contributed by atoms with Gasteiger partial charge in [0, 0.05) is 54.4 Å². The third-order valence-corrected chi connectivity index (χ3v) is 6.96. The molecule has 1 aliphatic carbocycles. The fraction of sp³-hybridized carbons (Fsp3) is 0.286. The number of halogens is 1. The van der Waals surface area contributed by atoms with Gasteiger partial charge in [0.05, 0.1) is 16.8 Å². The smallest absolute Gasteiger partial charge is 0.253 e. The third kappa shape index (κ3) is 3.89. The minimum atomic E-state index is -0.151. The van der Waals surface area contributed by atoms with Crippen LogP contribution in [0.2, 0.25) is 5.02 Å². The molecule has 1 saturated heterocycles. The van der Waals surface area contributed by atoms with Crippen LogP contribution < -0.4 is 15.5 Å². The van der Waals surface area contributed by atoms with E-state index in [1.54, 1.807) is 0 Å². The average Bonchev–Trinajstić information content (AvgIpc) is 3.17. The number of rotatable bonds is 6. The van der Waals surface area contributed by atoms with E-state index in [2.05, 4.69) is 22.5 Å². The number of fused-ring (bicyclic) bond motifs is 3. The molecule has 2 N–H and O–H groups in total. The summed E-state index contributed by atoms with van der Waals surface area (Å²) >= 11 is 6.64. The summed E-state index contributed by atoms with van der Waals surface area (Å²) < 4.78 is 0. The maximum atomic E-state index is 13.8. The summed E-state index contributed by atoms with van der Waals surface area (Å²) in [6.07, 6.45) is 1.90. The lowest BCUT2D eigenvalue weighted by Gasteiger charge is -2.33. The first kappa shape index (κ1) is 22.6. The van der Waals surface area contributed by atoms with Crippen LogP contribution in [0, 0.1) is 0 Å². The molecule has 6 heteroatoms. The largest absolute Gasteiger partial charge is 0.368 e. The lowest BCUT2D eigenvalue weighted by molar-refractivity contribution is 0.0953. The highest BCUT2D eigenvalue weighted by atomic mass is 35.5. The maximum absolute atomic E-state index is 13.8. The van der Waals surface area contributed by atoms with Crippen LogP contribution in [-0.2, 0) is 0 Å². The van der Waals surface area contributed by atoms with E-state index >= 15 is 0 Å². The molecule has 1 aliphatic heterocycles. The molecule has 3 aromatic rings. The van der Waals surface area contributed by atoms with Crippen molar-refractivity contribution in [3.63, 3.8) is 0 Å². The molecule has 2 aliphatic rings. The number of carbonyl (C=O) groups excluding carboxylic acids is 2. The highest BCUT2D eigenvalue weighted by Crippen LogP contribution is 2.49. The van der Waals surface area contributed by atoms with Crippen LogP contribution in [0.3, 0.4) is 0 Å². The van der Waals surface area contributed by atoms with Crippen LogP contribution in [-0.4, -0.2) is 44.4 Å².